The molecule has 2 atom stereocenters. The SMILES string of the molecule is CCS(=O)CC(=O)N1CCS[C@H]1COc1ccccc1OC. The molecule has 0 N–H and O–H groups in total. The first-order valence-electron chi connectivity index (χ1n) is 7.17. The molecule has 1 heterocycles. The van der Waals surface area contributed by atoms with Crippen molar-refractivity contribution in [3.8, 4) is 11.5 Å². The lowest BCUT2D eigenvalue weighted by Gasteiger charge is -2.24. The van der Waals surface area contributed by atoms with Crippen molar-refractivity contribution < 1.29 is 18.5 Å². The highest BCUT2D eigenvalue weighted by Gasteiger charge is 2.30. The minimum Gasteiger partial charge on any atom is -0.493 e. The molecule has 22 heavy (non-hydrogen) atoms. The van der Waals surface area contributed by atoms with Gasteiger partial charge in [0, 0.05) is 28.9 Å². The number of nitrogens with zero attached hydrogens (tertiary/aromatic N) is 1. The van der Waals surface area contributed by atoms with Gasteiger partial charge in [-0.1, -0.05) is 19.1 Å². The van der Waals surface area contributed by atoms with Gasteiger partial charge in [0.2, 0.25) is 5.91 Å². The quantitative estimate of drug-likeness (QED) is 0.755. The fraction of sp³-hybridized carbons (Fsp3) is 0.533. The highest BCUT2D eigenvalue weighted by Crippen LogP contribution is 2.29. The molecule has 1 saturated heterocycles. The molecule has 0 aromatic heterocycles. The van der Waals surface area contributed by atoms with E-state index in [1.54, 1.807) is 23.8 Å². The van der Waals surface area contributed by atoms with Crippen molar-refractivity contribution in [2.75, 3.05) is 37.5 Å². The molecule has 7 heteroatoms. The van der Waals surface area contributed by atoms with Gasteiger partial charge in [-0.2, -0.15) is 0 Å². The van der Waals surface area contributed by atoms with Crippen LogP contribution >= 0.6 is 11.8 Å². The first kappa shape index (κ1) is 17.1. The summed E-state index contributed by atoms with van der Waals surface area (Å²) in [6.45, 7) is 2.91. The van der Waals surface area contributed by atoms with Crippen LogP contribution in [-0.4, -0.2) is 57.9 Å². The number of carbonyl (C=O) groups is 1. The zero-order valence-electron chi connectivity index (χ0n) is 12.8. The van der Waals surface area contributed by atoms with Gasteiger partial charge in [0.25, 0.3) is 0 Å². The topological polar surface area (TPSA) is 55.8 Å². The van der Waals surface area contributed by atoms with Crippen LogP contribution in [0.25, 0.3) is 0 Å². The van der Waals surface area contributed by atoms with Crippen LogP contribution in [0, 0.1) is 0 Å². The van der Waals surface area contributed by atoms with Gasteiger partial charge in [-0.3, -0.25) is 9.00 Å². The second kappa shape index (κ2) is 8.43. The standard InChI is InChI=1S/C15H21NO4S2/c1-3-22(18)11-14(17)16-8-9-21-15(16)10-20-13-7-5-4-6-12(13)19-2/h4-7,15H,3,8-11H2,1-2H3/t15-,22?/m0/s1. The number of para-hydroxylation sites is 2. The predicted molar refractivity (Wildman–Crippen MR) is 90.0 cm³/mol. The molecule has 5 nitrogen and oxygen atoms in total. The van der Waals surface area contributed by atoms with Crippen molar-refractivity contribution in [2.45, 2.75) is 12.3 Å². The summed E-state index contributed by atoms with van der Waals surface area (Å²) >= 11 is 1.69. The molecule has 1 amide bonds. The van der Waals surface area contributed by atoms with Gasteiger partial charge >= 0.3 is 0 Å². The first-order chi connectivity index (χ1) is 10.7. The van der Waals surface area contributed by atoms with Crippen molar-refractivity contribution in [3.05, 3.63) is 24.3 Å². The molecule has 1 aromatic rings. The molecular weight excluding hydrogens is 322 g/mol. The van der Waals surface area contributed by atoms with Gasteiger partial charge < -0.3 is 14.4 Å². The summed E-state index contributed by atoms with van der Waals surface area (Å²) in [5, 5.41) is -0.0359. The highest BCUT2D eigenvalue weighted by atomic mass is 32.2. The molecule has 1 fully saturated rings. The summed E-state index contributed by atoms with van der Waals surface area (Å²) in [7, 11) is 0.525. The number of methoxy groups -OCH3 is 1. The van der Waals surface area contributed by atoms with Gasteiger partial charge in [0.1, 0.15) is 17.7 Å². The van der Waals surface area contributed by atoms with E-state index < -0.39 is 10.8 Å². The lowest BCUT2D eigenvalue weighted by atomic mass is 10.3. The van der Waals surface area contributed by atoms with E-state index in [0.717, 1.165) is 5.75 Å². The molecule has 1 aliphatic heterocycles. The van der Waals surface area contributed by atoms with E-state index in [0.29, 0.717) is 30.4 Å². The maximum absolute atomic E-state index is 12.2. The molecule has 1 unspecified atom stereocenters. The first-order valence-corrected chi connectivity index (χ1v) is 9.71. The Bertz CT molecular complexity index is 538. The zero-order valence-corrected chi connectivity index (χ0v) is 14.5. The van der Waals surface area contributed by atoms with Crippen LogP contribution in [0.1, 0.15) is 6.92 Å². The number of carbonyl (C=O) groups excluding carboxylic acids is 1. The number of benzene rings is 1. The highest BCUT2D eigenvalue weighted by molar-refractivity contribution is 8.00. The minimum atomic E-state index is -1.07. The van der Waals surface area contributed by atoms with Crippen LogP contribution in [0.15, 0.2) is 24.3 Å². The monoisotopic (exact) mass is 343 g/mol. The smallest absolute Gasteiger partial charge is 0.236 e. The lowest BCUT2D eigenvalue weighted by Crippen LogP contribution is -2.40. The Morgan fingerprint density at radius 3 is 2.82 bits per heavy atom. The van der Waals surface area contributed by atoms with Crippen LogP contribution in [0.2, 0.25) is 0 Å². The number of rotatable bonds is 7. The van der Waals surface area contributed by atoms with Gasteiger partial charge in [-0.25, -0.2) is 0 Å². The van der Waals surface area contributed by atoms with Gasteiger partial charge in [-0.05, 0) is 12.1 Å². The minimum absolute atomic E-state index is 0.0359. The van der Waals surface area contributed by atoms with Gasteiger partial charge in [0.05, 0.1) is 7.11 Å². The molecule has 1 aromatic carbocycles. The average Bonchev–Trinajstić information content (AvgIpc) is 3.01. The molecule has 0 spiro atoms. The third kappa shape index (κ3) is 4.39. The predicted octanol–water partition coefficient (Wildman–Crippen LogP) is 1.74. The van der Waals surface area contributed by atoms with Crippen LogP contribution in [0.5, 0.6) is 11.5 Å². The summed E-state index contributed by atoms with van der Waals surface area (Å²) < 4.78 is 22.6. The van der Waals surface area contributed by atoms with Crippen LogP contribution < -0.4 is 9.47 Å². The number of ether oxygens (including phenoxy) is 2. The number of hydrogen-bond donors (Lipinski definition) is 0. The van der Waals surface area contributed by atoms with E-state index in [9.17, 15) is 9.00 Å². The second-order valence-corrected chi connectivity index (χ2v) is 7.78. The fourth-order valence-corrected chi connectivity index (χ4v) is 3.95. The maximum atomic E-state index is 12.2. The van der Waals surface area contributed by atoms with E-state index >= 15 is 0 Å². The van der Waals surface area contributed by atoms with Crippen molar-refractivity contribution in [1.82, 2.24) is 4.90 Å². The maximum Gasteiger partial charge on any atom is 0.236 e. The van der Waals surface area contributed by atoms with Crippen LogP contribution in [0.4, 0.5) is 0 Å². The van der Waals surface area contributed by atoms with E-state index in [2.05, 4.69) is 0 Å². The van der Waals surface area contributed by atoms with E-state index in [-0.39, 0.29) is 17.0 Å². The average molecular weight is 343 g/mol. The molecule has 0 saturated carbocycles. The molecule has 2 rings (SSSR count). The molecule has 0 bridgehead atoms. The molecule has 0 radical (unpaired) electrons. The van der Waals surface area contributed by atoms with Crippen molar-refractivity contribution in [2.24, 2.45) is 0 Å². The second-order valence-electron chi connectivity index (χ2n) is 4.75. The van der Waals surface area contributed by atoms with Crippen molar-refractivity contribution in [1.29, 1.82) is 0 Å². The Hall–Kier alpha value is -1.21. The summed E-state index contributed by atoms with van der Waals surface area (Å²) in [5.41, 5.74) is 0. The van der Waals surface area contributed by atoms with Crippen LogP contribution in [-0.2, 0) is 15.6 Å². The molecule has 122 valence electrons. The third-order valence-electron chi connectivity index (χ3n) is 3.37. The number of hydrogen-bond acceptors (Lipinski definition) is 5. The fourth-order valence-electron chi connectivity index (χ4n) is 2.17. The zero-order chi connectivity index (χ0) is 15.9. The summed E-state index contributed by atoms with van der Waals surface area (Å²) in [4.78, 5) is 14.0. The lowest BCUT2D eigenvalue weighted by molar-refractivity contribution is -0.128. The molecule has 0 aliphatic carbocycles. The summed E-state index contributed by atoms with van der Waals surface area (Å²) in [5.74, 6) is 2.78. The van der Waals surface area contributed by atoms with E-state index in [4.69, 9.17) is 9.47 Å². The van der Waals surface area contributed by atoms with Gasteiger partial charge in [0.15, 0.2) is 11.5 Å². The Labute approximate surface area is 137 Å². The summed E-state index contributed by atoms with van der Waals surface area (Å²) in [6.07, 6.45) is 0. The third-order valence-corrected chi connectivity index (χ3v) is 5.77. The Morgan fingerprint density at radius 1 is 1.41 bits per heavy atom. The van der Waals surface area contributed by atoms with E-state index in [1.165, 1.54) is 0 Å². The van der Waals surface area contributed by atoms with Crippen molar-refractivity contribution in [3.63, 3.8) is 0 Å². The van der Waals surface area contributed by atoms with E-state index in [1.807, 2.05) is 31.2 Å². The summed E-state index contributed by atoms with van der Waals surface area (Å²) in [6, 6.07) is 7.44. The van der Waals surface area contributed by atoms with Crippen molar-refractivity contribution >= 4 is 28.5 Å². The Kier molecular flexibility index (Phi) is 6.57. The Morgan fingerprint density at radius 2 is 2.14 bits per heavy atom. The largest absolute Gasteiger partial charge is 0.493 e. The molecule has 1 aliphatic rings. The number of thioether (sulfide) groups is 1. The Balaban J connectivity index is 1.94. The van der Waals surface area contributed by atoms with Gasteiger partial charge in [-0.15, -0.1) is 11.8 Å². The normalized spacial score (nSPS) is 19.0. The molecular formula is C15H21NO4S2. The van der Waals surface area contributed by atoms with Crippen LogP contribution in [0.3, 0.4) is 0 Å². The number of amides is 1.